The number of carbonyl (C=O) groups is 2. The topological polar surface area (TPSA) is 78.4 Å². The van der Waals surface area contributed by atoms with Crippen molar-refractivity contribution in [2.75, 3.05) is 13.1 Å². The van der Waals surface area contributed by atoms with Crippen LogP contribution < -0.4 is 10.6 Å². The number of aliphatic hydroxyl groups is 1. The van der Waals surface area contributed by atoms with Gasteiger partial charge in [0.2, 0.25) is 5.91 Å². The summed E-state index contributed by atoms with van der Waals surface area (Å²) in [4.78, 5) is 24.0. The van der Waals surface area contributed by atoms with Gasteiger partial charge in [-0.25, -0.2) is 0 Å². The molecule has 0 radical (unpaired) electrons. The summed E-state index contributed by atoms with van der Waals surface area (Å²) in [6.07, 6.45) is 0.0885. The molecule has 122 valence electrons. The van der Waals surface area contributed by atoms with Gasteiger partial charge in [-0.2, -0.15) is 0 Å². The second kappa shape index (κ2) is 9.07. The predicted octanol–water partition coefficient (Wildman–Crippen LogP) is 2.11. The second-order valence-electron chi connectivity index (χ2n) is 5.05. The summed E-state index contributed by atoms with van der Waals surface area (Å²) in [5, 5.41) is 17.3. The molecule has 3 N–H and O–H groups in total. The first-order valence-corrected chi connectivity index (χ1v) is 8.36. The highest BCUT2D eigenvalue weighted by atomic mass is 32.1. The zero-order valence-corrected chi connectivity index (χ0v) is 13.5. The van der Waals surface area contributed by atoms with Crippen LogP contribution in [0.3, 0.4) is 0 Å². The van der Waals surface area contributed by atoms with Crippen molar-refractivity contribution >= 4 is 23.2 Å². The summed E-state index contributed by atoms with van der Waals surface area (Å²) >= 11 is 1.36. The fraction of sp³-hybridized carbons (Fsp3) is 0.294. The van der Waals surface area contributed by atoms with Gasteiger partial charge in [-0.3, -0.25) is 9.59 Å². The summed E-state index contributed by atoms with van der Waals surface area (Å²) in [5.41, 5.74) is 0.838. The van der Waals surface area contributed by atoms with Crippen molar-refractivity contribution in [3.63, 3.8) is 0 Å². The van der Waals surface area contributed by atoms with Gasteiger partial charge in [0.25, 0.3) is 5.91 Å². The zero-order chi connectivity index (χ0) is 16.5. The van der Waals surface area contributed by atoms with Crippen LogP contribution >= 0.6 is 11.3 Å². The molecule has 1 unspecified atom stereocenters. The van der Waals surface area contributed by atoms with E-state index in [2.05, 4.69) is 10.6 Å². The second-order valence-corrected chi connectivity index (χ2v) is 6.00. The summed E-state index contributed by atoms with van der Waals surface area (Å²) in [6.45, 7) is 0.692. The van der Waals surface area contributed by atoms with Gasteiger partial charge in [-0.1, -0.05) is 36.4 Å². The summed E-state index contributed by atoms with van der Waals surface area (Å²) < 4.78 is 0. The Bertz CT molecular complexity index is 614. The van der Waals surface area contributed by atoms with Gasteiger partial charge in [0.15, 0.2) is 0 Å². The molecule has 0 aliphatic rings. The molecule has 2 rings (SSSR count). The lowest BCUT2D eigenvalue weighted by Crippen LogP contribution is -2.31. The monoisotopic (exact) mass is 332 g/mol. The highest BCUT2D eigenvalue weighted by Crippen LogP contribution is 2.14. The van der Waals surface area contributed by atoms with Crippen LogP contribution in [0.1, 0.15) is 34.2 Å². The lowest BCUT2D eigenvalue weighted by Gasteiger charge is -2.11. The standard InChI is InChI=1S/C17H20N2O3S/c20-14(13-5-2-1-3-6-13)8-10-18-16(21)9-11-19-17(22)15-7-4-12-23-15/h1-7,12,14,20H,8-11H2,(H,18,21)(H,19,22). The number of amides is 2. The number of rotatable bonds is 8. The largest absolute Gasteiger partial charge is 0.388 e. The van der Waals surface area contributed by atoms with E-state index in [4.69, 9.17) is 0 Å². The van der Waals surface area contributed by atoms with Crippen molar-refractivity contribution in [1.29, 1.82) is 0 Å². The maximum absolute atomic E-state index is 11.7. The summed E-state index contributed by atoms with van der Waals surface area (Å²) in [6, 6.07) is 12.9. The third-order valence-corrected chi connectivity index (χ3v) is 4.18. The molecule has 2 aromatic rings. The molecule has 0 aliphatic heterocycles. The number of aliphatic hydroxyl groups excluding tert-OH is 1. The molecule has 0 saturated carbocycles. The first kappa shape index (κ1) is 17.2. The summed E-state index contributed by atoms with van der Waals surface area (Å²) in [5.74, 6) is -0.302. The van der Waals surface area contributed by atoms with E-state index in [1.807, 2.05) is 41.8 Å². The van der Waals surface area contributed by atoms with E-state index in [1.165, 1.54) is 11.3 Å². The van der Waals surface area contributed by atoms with E-state index < -0.39 is 6.10 Å². The first-order chi connectivity index (χ1) is 11.2. The van der Waals surface area contributed by atoms with E-state index in [0.717, 1.165) is 5.56 Å². The quantitative estimate of drug-likeness (QED) is 0.693. The van der Waals surface area contributed by atoms with Crippen LogP contribution in [0.25, 0.3) is 0 Å². The molecule has 0 saturated heterocycles. The molecule has 0 aliphatic carbocycles. The fourth-order valence-corrected chi connectivity index (χ4v) is 2.70. The molecule has 6 heteroatoms. The maximum Gasteiger partial charge on any atom is 0.261 e. The lowest BCUT2D eigenvalue weighted by molar-refractivity contribution is -0.121. The van der Waals surface area contributed by atoms with Crippen molar-refractivity contribution in [3.05, 3.63) is 58.3 Å². The highest BCUT2D eigenvalue weighted by molar-refractivity contribution is 7.12. The zero-order valence-electron chi connectivity index (χ0n) is 12.7. The number of thiophene rings is 1. The molecule has 1 heterocycles. The van der Waals surface area contributed by atoms with Gasteiger partial charge in [0.1, 0.15) is 0 Å². The Morgan fingerprint density at radius 2 is 1.83 bits per heavy atom. The minimum absolute atomic E-state index is 0.142. The van der Waals surface area contributed by atoms with Crippen molar-refractivity contribution in [2.24, 2.45) is 0 Å². The van der Waals surface area contributed by atoms with Crippen molar-refractivity contribution in [1.82, 2.24) is 10.6 Å². The number of benzene rings is 1. The van der Waals surface area contributed by atoms with Crippen molar-refractivity contribution in [2.45, 2.75) is 18.9 Å². The number of hydrogen-bond acceptors (Lipinski definition) is 4. The number of carbonyl (C=O) groups excluding carboxylic acids is 2. The van der Waals surface area contributed by atoms with Gasteiger partial charge in [-0.05, 0) is 23.4 Å². The lowest BCUT2D eigenvalue weighted by atomic mass is 10.1. The molecule has 1 aromatic carbocycles. The van der Waals surface area contributed by atoms with Crippen LogP contribution in [-0.4, -0.2) is 30.0 Å². The predicted molar refractivity (Wildman–Crippen MR) is 90.3 cm³/mol. The molecule has 0 fully saturated rings. The third kappa shape index (κ3) is 5.84. The van der Waals surface area contributed by atoms with Crippen LogP contribution in [0.4, 0.5) is 0 Å². The molecular weight excluding hydrogens is 312 g/mol. The van der Waals surface area contributed by atoms with E-state index >= 15 is 0 Å². The minimum atomic E-state index is -0.588. The van der Waals surface area contributed by atoms with Crippen LogP contribution in [-0.2, 0) is 4.79 Å². The molecular formula is C17H20N2O3S. The third-order valence-electron chi connectivity index (χ3n) is 3.31. The van der Waals surface area contributed by atoms with E-state index in [9.17, 15) is 14.7 Å². The Labute approximate surface area is 139 Å². The number of hydrogen-bond donors (Lipinski definition) is 3. The molecule has 0 spiro atoms. The van der Waals surface area contributed by atoms with Gasteiger partial charge in [-0.15, -0.1) is 11.3 Å². The van der Waals surface area contributed by atoms with Crippen LogP contribution in [0.2, 0.25) is 0 Å². The SMILES string of the molecule is O=C(CCNC(=O)c1cccs1)NCCC(O)c1ccccc1. The van der Waals surface area contributed by atoms with Crippen LogP contribution in [0.15, 0.2) is 47.8 Å². The van der Waals surface area contributed by atoms with Crippen LogP contribution in [0.5, 0.6) is 0 Å². The molecule has 1 aromatic heterocycles. The molecule has 2 amide bonds. The smallest absolute Gasteiger partial charge is 0.261 e. The Kier molecular flexibility index (Phi) is 6.77. The fourth-order valence-electron chi connectivity index (χ4n) is 2.06. The van der Waals surface area contributed by atoms with E-state index in [-0.39, 0.29) is 18.2 Å². The van der Waals surface area contributed by atoms with Gasteiger partial charge in [0, 0.05) is 19.5 Å². The molecule has 0 bridgehead atoms. The number of nitrogens with one attached hydrogen (secondary N) is 2. The molecule has 23 heavy (non-hydrogen) atoms. The molecule has 1 atom stereocenters. The van der Waals surface area contributed by atoms with E-state index in [1.54, 1.807) is 6.07 Å². The average Bonchev–Trinajstić information content (AvgIpc) is 3.10. The van der Waals surface area contributed by atoms with Crippen molar-refractivity contribution in [3.8, 4) is 0 Å². The molecule has 5 nitrogen and oxygen atoms in total. The minimum Gasteiger partial charge on any atom is -0.388 e. The summed E-state index contributed by atoms with van der Waals surface area (Å²) in [7, 11) is 0. The normalized spacial score (nSPS) is 11.7. The Balaban J connectivity index is 1.59. The Morgan fingerprint density at radius 1 is 1.04 bits per heavy atom. The first-order valence-electron chi connectivity index (χ1n) is 7.48. The highest BCUT2D eigenvalue weighted by Gasteiger charge is 2.09. The average molecular weight is 332 g/mol. The Hall–Kier alpha value is -2.18. The van der Waals surface area contributed by atoms with Gasteiger partial charge < -0.3 is 15.7 Å². The van der Waals surface area contributed by atoms with Crippen LogP contribution in [0, 0.1) is 0 Å². The van der Waals surface area contributed by atoms with Gasteiger partial charge >= 0.3 is 0 Å². The maximum atomic E-state index is 11.7. The van der Waals surface area contributed by atoms with Crippen molar-refractivity contribution < 1.29 is 14.7 Å². The Morgan fingerprint density at radius 3 is 2.52 bits per heavy atom. The van der Waals surface area contributed by atoms with Gasteiger partial charge in [0.05, 0.1) is 11.0 Å². The van der Waals surface area contributed by atoms with E-state index in [0.29, 0.717) is 24.4 Å².